The van der Waals surface area contributed by atoms with E-state index in [4.69, 9.17) is 4.98 Å². The first-order valence-electron chi connectivity index (χ1n) is 10.8. The summed E-state index contributed by atoms with van der Waals surface area (Å²) in [7, 11) is 0. The highest BCUT2D eigenvalue weighted by Gasteiger charge is 2.23. The Morgan fingerprint density at radius 1 is 1.29 bits per heavy atom. The zero-order valence-electron chi connectivity index (χ0n) is 17.6. The predicted octanol–water partition coefficient (Wildman–Crippen LogP) is 3.34. The fourth-order valence-electron chi connectivity index (χ4n) is 4.23. The molecule has 2 N–H and O–H groups in total. The standard InChI is InChI=1S/C22H35N5O/c1-4-26(5-2)14-15-27-20-9-7-6-8-19(20)24-22(27)25-21(28)16-17(3)18-10-12-23-13-11-18/h6-9,17-18,23H,4-5,10-16H2,1-3H3,(H,24,25,28). The van der Waals surface area contributed by atoms with Gasteiger partial charge < -0.3 is 14.8 Å². The van der Waals surface area contributed by atoms with Crippen LogP contribution in [0.4, 0.5) is 5.95 Å². The van der Waals surface area contributed by atoms with E-state index >= 15 is 0 Å². The van der Waals surface area contributed by atoms with Gasteiger partial charge in [0, 0.05) is 19.5 Å². The topological polar surface area (TPSA) is 62.2 Å². The summed E-state index contributed by atoms with van der Waals surface area (Å²) in [5, 5.41) is 6.51. The van der Waals surface area contributed by atoms with Crippen molar-refractivity contribution in [2.45, 2.75) is 46.6 Å². The van der Waals surface area contributed by atoms with Crippen LogP contribution in [0, 0.1) is 11.8 Å². The lowest BCUT2D eigenvalue weighted by Gasteiger charge is -2.27. The number of likely N-dealkylation sites (N-methyl/N-ethyl adjacent to an activating group) is 1. The quantitative estimate of drug-likeness (QED) is 0.695. The van der Waals surface area contributed by atoms with E-state index in [9.17, 15) is 4.79 Å². The molecule has 0 aliphatic carbocycles. The zero-order valence-corrected chi connectivity index (χ0v) is 17.6. The Hall–Kier alpha value is -1.92. The fraction of sp³-hybridized carbons (Fsp3) is 0.636. The molecule has 1 unspecified atom stereocenters. The van der Waals surface area contributed by atoms with Crippen molar-refractivity contribution in [1.29, 1.82) is 0 Å². The third kappa shape index (κ3) is 5.11. The van der Waals surface area contributed by atoms with Gasteiger partial charge in [-0.1, -0.05) is 32.9 Å². The lowest BCUT2D eigenvalue weighted by molar-refractivity contribution is -0.117. The van der Waals surface area contributed by atoms with Gasteiger partial charge in [0.15, 0.2) is 0 Å². The number of carbonyl (C=O) groups excluding carboxylic acids is 1. The molecule has 6 nitrogen and oxygen atoms in total. The maximum absolute atomic E-state index is 12.8. The number of benzene rings is 1. The number of para-hydroxylation sites is 2. The number of aromatic nitrogens is 2. The van der Waals surface area contributed by atoms with Crippen molar-refractivity contribution < 1.29 is 4.79 Å². The van der Waals surface area contributed by atoms with Crippen LogP contribution >= 0.6 is 0 Å². The van der Waals surface area contributed by atoms with Crippen LogP contribution in [0.1, 0.15) is 40.0 Å². The number of imidazole rings is 1. The third-order valence-electron chi connectivity index (χ3n) is 6.14. The molecule has 2 aromatic rings. The summed E-state index contributed by atoms with van der Waals surface area (Å²) >= 11 is 0. The molecule has 1 aliphatic rings. The van der Waals surface area contributed by atoms with E-state index in [2.05, 4.69) is 46.9 Å². The monoisotopic (exact) mass is 385 g/mol. The van der Waals surface area contributed by atoms with Gasteiger partial charge in [-0.3, -0.25) is 10.1 Å². The fourth-order valence-corrected chi connectivity index (χ4v) is 4.23. The first-order valence-corrected chi connectivity index (χ1v) is 10.8. The van der Waals surface area contributed by atoms with Gasteiger partial charge in [-0.25, -0.2) is 4.98 Å². The SMILES string of the molecule is CCN(CC)CCn1c(NC(=O)CC(C)C2CCNCC2)nc2ccccc21. The summed E-state index contributed by atoms with van der Waals surface area (Å²) < 4.78 is 2.15. The molecule has 0 bridgehead atoms. The molecule has 3 rings (SSSR count). The van der Waals surface area contributed by atoms with Crippen LogP contribution in [0.25, 0.3) is 11.0 Å². The molecular weight excluding hydrogens is 350 g/mol. The lowest BCUT2D eigenvalue weighted by Crippen LogP contribution is -2.32. The van der Waals surface area contributed by atoms with Gasteiger partial charge in [0.25, 0.3) is 0 Å². The van der Waals surface area contributed by atoms with E-state index in [0.29, 0.717) is 24.2 Å². The number of fused-ring (bicyclic) bond motifs is 1. The molecule has 1 aliphatic heterocycles. The van der Waals surface area contributed by atoms with Gasteiger partial charge in [-0.15, -0.1) is 0 Å². The van der Waals surface area contributed by atoms with Gasteiger partial charge in [0.2, 0.25) is 11.9 Å². The van der Waals surface area contributed by atoms with E-state index in [1.807, 2.05) is 18.2 Å². The predicted molar refractivity (Wildman–Crippen MR) is 116 cm³/mol. The van der Waals surface area contributed by atoms with Crippen LogP contribution in [-0.2, 0) is 11.3 Å². The van der Waals surface area contributed by atoms with Gasteiger partial charge in [-0.2, -0.15) is 0 Å². The highest BCUT2D eigenvalue weighted by Crippen LogP contribution is 2.25. The number of nitrogens with zero attached hydrogens (tertiary/aromatic N) is 3. The molecule has 1 aromatic carbocycles. The third-order valence-corrected chi connectivity index (χ3v) is 6.14. The van der Waals surface area contributed by atoms with E-state index in [1.165, 1.54) is 0 Å². The van der Waals surface area contributed by atoms with Gasteiger partial charge in [0.1, 0.15) is 0 Å². The van der Waals surface area contributed by atoms with E-state index in [-0.39, 0.29) is 5.91 Å². The maximum Gasteiger partial charge on any atom is 0.226 e. The molecule has 1 fully saturated rings. The molecule has 0 saturated carbocycles. The summed E-state index contributed by atoms with van der Waals surface area (Å²) in [6, 6.07) is 8.12. The minimum Gasteiger partial charge on any atom is -0.317 e. The Bertz CT molecular complexity index is 761. The first kappa shape index (κ1) is 20.8. The summed E-state index contributed by atoms with van der Waals surface area (Å²) in [6.07, 6.45) is 2.89. The lowest BCUT2D eigenvalue weighted by atomic mass is 9.84. The summed E-state index contributed by atoms with van der Waals surface area (Å²) in [4.78, 5) is 19.8. The van der Waals surface area contributed by atoms with Crippen LogP contribution in [0.2, 0.25) is 0 Å². The Morgan fingerprint density at radius 2 is 2.00 bits per heavy atom. The maximum atomic E-state index is 12.8. The van der Waals surface area contributed by atoms with Crippen molar-refractivity contribution in [1.82, 2.24) is 19.8 Å². The molecule has 1 amide bonds. The largest absolute Gasteiger partial charge is 0.317 e. The van der Waals surface area contributed by atoms with Gasteiger partial charge in [0.05, 0.1) is 11.0 Å². The number of hydrogen-bond acceptors (Lipinski definition) is 4. The summed E-state index contributed by atoms with van der Waals surface area (Å²) in [5.41, 5.74) is 2.01. The van der Waals surface area contributed by atoms with E-state index in [0.717, 1.165) is 63.1 Å². The number of rotatable bonds is 9. The summed E-state index contributed by atoms with van der Waals surface area (Å²) in [6.45, 7) is 12.5. The first-order chi connectivity index (χ1) is 13.6. The van der Waals surface area contributed by atoms with Gasteiger partial charge >= 0.3 is 0 Å². The molecule has 0 spiro atoms. The number of piperidine rings is 1. The van der Waals surface area contributed by atoms with Crippen LogP contribution in [-0.4, -0.2) is 53.1 Å². The van der Waals surface area contributed by atoms with Crippen molar-refractivity contribution in [3.63, 3.8) is 0 Å². The number of amides is 1. The highest BCUT2D eigenvalue weighted by molar-refractivity contribution is 5.91. The van der Waals surface area contributed by atoms with Crippen LogP contribution in [0.5, 0.6) is 0 Å². The molecule has 1 atom stereocenters. The minimum absolute atomic E-state index is 0.0745. The second-order valence-corrected chi connectivity index (χ2v) is 7.92. The number of carbonyl (C=O) groups is 1. The molecule has 1 aromatic heterocycles. The molecule has 0 radical (unpaired) electrons. The summed E-state index contributed by atoms with van der Waals surface area (Å²) in [5.74, 6) is 1.78. The molecule has 154 valence electrons. The van der Waals surface area contributed by atoms with Crippen molar-refractivity contribution >= 4 is 22.9 Å². The normalized spacial score (nSPS) is 16.6. The minimum atomic E-state index is 0.0745. The molecule has 2 heterocycles. The van der Waals surface area contributed by atoms with Gasteiger partial charge in [-0.05, 0) is 63.0 Å². The molecule has 1 saturated heterocycles. The second kappa shape index (κ2) is 10.0. The average Bonchev–Trinajstić information content (AvgIpc) is 3.06. The molecule has 28 heavy (non-hydrogen) atoms. The van der Waals surface area contributed by atoms with E-state index in [1.54, 1.807) is 0 Å². The second-order valence-electron chi connectivity index (χ2n) is 7.92. The Kier molecular flexibility index (Phi) is 7.45. The smallest absolute Gasteiger partial charge is 0.226 e. The van der Waals surface area contributed by atoms with Crippen molar-refractivity contribution in [2.75, 3.05) is 38.0 Å². The van der Waals surface area contributed by atoms with Crippen molar-refractivity contribution in [3.05, 3.63) is 24.3 Å². The highest BCUT2D eigenvalue weighted by atomic mass is 16.1. The van der Waals surface area contributed by atoms with Crippen LogP contribution in [0.15, 0.2) is 24.3 Å². The Morgan fingerprint density at radius 3 is 2.71 bits per heavy atom. The van der Waals surface area contributed by atoms with Crippen LogP contribution < -0.4 is 10.6 Å². The average molecular weight is 386 g/mol. The van der Waals surface area contributed by atoms with Crippen LogP contribution in [0.3, 0.4) is 0 Å². The Balaban J connectivity index is 1.70. The van der Waals surface area contributed by atoms with Crippen molar-refractivity contribution in [2.24, 2.45) is 11.8 Å². The Labute approximate surface area is 168 Å². The number of nitrogens with one attached hydrogen (secondary N) is 2. The zero-order chi connectivity index (χ0) is 19.9. The van der Waals surface area contributed by atoms with Crippen molar-refractivity contribution in [3.8, 4) is 0 Å². The van der Waals surface area contributed by atoms with E-state index < -0.39 is 0 Å². The molecular formula is C22H35N5O. The molecule has 6 heteroatoms. The number of hydrogen-bond donors (Lipinski definition) is 2. The number of anilines is 1.